The average Bonchev–Trinajstić information content (AvgIpc) is 3.45. The van der Waals surface area contributed by atoms with Crippen LogP contribution in [-0.2, 0) is 11.0 Å². The van der Waals surface area contributed by atoms with Crippen LogP contribution >= 0.6 is 11.6 Å². The van der Waals surface area contributed by atoms with E-state index in [0.29, 0.717) is 51.8 Å². The number of rotatable bonds is 10. The van der Waals surface area contributed by atoms with Crippen LogP contribution in [0.5, 0.6) is 11.5 Å². The molecule has 2 N–H and O–H groups in total. The van der Waals surface area contributed by atoms with Gasteiger partial charge in [-0.3, -0.25) is 4.79 Å². The molecule has 0 aliphatic heterocycles. The molecule has 4 heterocycles. The van der Waals surface area contributed by atoms with Crippen LogP contribution in [0.4, 0.5) is 0 Å². The van der Waals surface area contributed by atoms with E-state index in [4.69, 9.17) is 46.2 Å². The Kier molecular flexibility index (Phi) is 10.1. The molecule has 51 heavy (non-hydrogen) atoms. The third-order valence-corrected chi connectivity index (χ3v) is 14.7. The van der Waals surface area contributed by atoms with Gasteiger partial charge >= 0.3 is 0 Å². The number of hydrogen-bond donors (Lipinski definition) is 1. The number of hydrogen-bond acceptors (Lipinski definition) is 8. The predicted molar refractivity (Wildman–Crippen MR) is 205 cm³/mol. The molecule has 1 unspecified atom stereocenters. The summed E-state index contributed by atoms with van der Waals surface area (Å²) in [5.74, 6) is 0.986. The van der Waals surface area contributed by atoms with Gasteiger partial charge in [0.2, 0.25) is 0 Å². The summed E-state index contributed by atoms with van der Waals surface area (Å²) < 4.78 is 19.8. The molecule has 0 saturated carbocycles. The second-order valence-electron chi connectivity index (χ2n) is 14.5. The Morgan fingerprint density at radius 1 is 1.02 bits per heavy atom. The highest BCUT2D eigenvalue weighted by Crippen LogP contribution is 2.41. The highest BCUT2D eigenvalue weighted by molar-refractivity contribution is 6.74. The molecule has 0 spiro atoms. The number of fused-ring (bicyclic) bond motifs is 1. The fourth-order valence-electron chi connectivity index (χ4n) is 6.26. The van der Waals surface area contributed by atoms with Crippen LogP contribution in [-0.4, -0.2) is 59.1 Å². The monoisotopic (exact) mass is 724 g/mol. The first-order valence-corrected chi connectivity index (χ1v) is 20.4. The first-order chi connectivity index (χ1) is 24.2. The number of methoxy groups -OCH3 is 2. The Bertz CT molecular complexity index is 2140. The summed E-state index contributed by atoms with van der Waals surface area (Å²) in [7, 11) is 1.29. The van der Waals surface area contributed by atoms with E-state index in [1.807, 2.05) is 47.9 Å². The van der Waals surface area contributed by atoms with Gasteiger partial charge in [0.05, 0.1) is 38.2 Å². The fraction of sp³-hybridized carbons (Fsp3) is 0.359. The van der Waals surface area contributed by atoms with Gasteiger partial charge in [-0.1, -0.05) is 50.6 Å². The largest absolute Gasteiger partial charge is 0.497 e. The Morgan fingerprint density at radius 3 is 2.39 bits per heavy atom. The molecule has 0 bridgehead atoms. The van der Waals surface area contributed by atoms with Gasteiger partial charge in [-0.2, -0.15) is 0 Å². The Morgan fingerprint density at radius 2 is 1.76 bits per heavy atom. The Labute approximate surface area is 305 Å². The molecule has 0 saturated heterocycles. The summed E-state index contributed by atoms with van der Waals surface area (Å²) in [5, 5.41) is 0.401. The number of pyridine rings is 3. The molecule has 6 rings (SSSR count). The first kappa shape index (κ1) is 36.2. The van der Waals surface area contributed by atoms with Gasteiger partial charge in [0.25, 0.3) is 5.91 Å². The minimum absolute atomic E-state index is 0.155. The number of allylic oxidation sites excluding steroid dienone is 1. The number of benzene rings is 1. The van der Waals surface area contributed by atoms with E-state index < -0.39 is 14.2 Å². The van der Waals surface area contributed by atoms with Gasteiger partial charge in [0.15, 0.2) is 19.8 Å². The minimum atomic E-state index is -1.88. The molecule has 1 aromatic carbocycles. The lowest BCUT2D eigenvalue weighted by molar-refractivity contribution is 0.100. The van der Waals surface area contributed by atoms with E-state index in [1.165, 1.54) is 18.9 Å². The molecule has 12 heteroatoms. The van der Waals surface area contributed by atoms with Gasteiger partial charge in [-0.05, 0) is 91.9 Å². The second-order valence-corrected chi connectivity index (χ2v) is 19.7. The molecule has 1 amide bonds. The third-order valence-electron chi connectivity index (χ3n) is 10.0. The Hall–Kier alpha value is -4.58. The first-order valence-electron chi connectivity index (χ1n) is 17.1. The molecule has 1 aliphatic rings. The van der Waals surface area contributed by atoms with Crippen molar-refractivity contribution in [3.05, 3.63) is 88.5 Å². The number of amides is 1. The molecule has 5 aromatic rings. The van der Waals surface area contributed by atoms with E-state index in [9.17, 15) is 4.79 Å². The maximum absolute atomic E-state index is 13.4. The summed E-state index contributed by atoms with van der Waals surface area (Å²) >= 11 is 6.33. The number of aryl methyl sites for hydroxylation is 1. The molecular formula is C39H45ClN6O4Si. The zero-order valence-electron chi connectivity index (χ0n) is 30.5. The van der Waals surface area contributed by atoms with Crippen molar-refractivity contribution in [3.63, 3.8) is 0 Å². The molecule has 1 aliphatic carbocycles. The van der Waals surface area contributed by atoms with Crippen molar-refractivity contribution >= 4 is 42.6 Å². The van der Waals surface area contributed by atoms with Crippen molar-refractivity contribution in [2.75, 3.05) is 14.2 Å². The smallest absolute Gasteiger partial charge is 0.251 e. The van der Waals surface area contributed by atoms with E-state index in [1.54, 1.807) is 19.2 Å². The normalized spacial score (nSPS) is 15.2. The van der Waals surface area contributed by atoms with Gasteiger partial charge in [0, 0.05) is 22.9 Å². The lowest BCUT2D eigenvalue weighted by Crippen LogP contribution is -2.44. The SMILES string of the molecule is COc1ccc(Cn2c(-c3nc(C)cc(-c4cc(Cl)ncc4OC)c3C(N)=O)nc3ccc(C4=CCC(O[Si](C)(C)C(C)(C)C)CC4)nc32)cc1. The topological polar surface area (TPSA) is 127 Å². The number of nitrogens with two attached hydrogens (primary N) is 1. The molecule has 0 fully saturated rings. The van der Waals surface area contributed by atoms with Crippen LogP contribution in [0.3, 0.4) is 0 Å². The number of aromatic nitrogens is 5. The molecule has 0 radical (unpaired) electrons. The van der Waals surface area contributed by atoms with Crippen LogP contribution in [0, 0.1) is 6.92 Å². The fourth-order valence-corrected chi connectivity index (χ4v) is 7.81. The summed E-state index contributed by atoms with van der Waals surface area (Å²) in [4.78, 5) is 32.7. The number of carbonyl (C=O) groups is 1. The van der Waals surface area contributed by atoms with Crippen molar-refractivity contribution in [2.24, 2.45) is 5.73 Å². The van der Waals surface area contributed by atoms with Crippen molar-refractivity contribution in [1.82, 2.24) is 24.5 Å². The van der Waals surface area contributed by atoms with Crippen LogP contribution in [0.25, 0.3) is 39.4 Å². The number of ether oxygens (including phenoxy) is 2. The van der Waals surface area contributed by atoms with Crippen LogP contribution < -0.4 is 15.2 Å². The number of carbonyl (C=O) groups excluding carboxylic acids is 1. The standard InChI is InChI=1S/C39H45ClN6O4Si/c1-23-19-29(28-20-33(40)42-21-32(28)49-6)34(36(41)47)35(43-23)38-45-31-18-17-30(25-11-15-27(16-12-25)50-51(7,8)39(2,3)4)44-37(31)46(38)22-24-9-13-26(48-5)14-10-24/h9-11,13-14,17-21,27H,12,15-16,22H2,1-8H3,(H2,41,47). The highest BCUT2D eigenvalue weighted by Gasteiger charge is 2.39. The zero-order valence-corrected chi connectivity index (χ0v) is 32.3. The summed E-state index contributed by atoms with van der Waals surface area (Å²) in [6.45, 7) is 13.7. The maximum atomic E-state index is 13.4. The second kappa shape index (κ2) is 14.2. The zero-order chi connectivity index (χ0) is 36.7. The molecule has 10 nitrogen and oxygen atoms in total. The van der Waals surface area contributed by atoms with E-state index in [-0.39, 0.29) is 21.9 Å². The number of nitrogens with zero attached hydrogens (tertiary/aromatic N) is 5. The van der Waals surface area contributed by atoms with Crippen LogP contribution in [0.1, 0.15) is 67.3 Å². The lowest BCUT2D eigenvalue weighted by Gasteiger charge is -2.40. The number of primary amides is 1. The minimum Gasteiger partial charge on any atom is -0.497 e. The van der Waals surface area contributed by atoms with E-state index in [2.05, 4.69) is 44.9 Å². The van der Waals surface area contributed by atoms with Crippen molar-refractivity contribution in [1.29, 1.82) is 0 Å². The van der Waals surface area contributed by atoms with E-state index in [0.717, 1.165) is 36.3 Å². The third kappa shape index (κ3) is 7.42. The summed E-state index contributed by atoms with van der Waals surface area (Å²) in [5.41, 5.74) is 12.8. The number of imidazole rings is 1. The van der Waals surface area contributed by atoms with Gasteiger partial charge in [-0.15, -0.1) is 0 Å². The Balaban J connectivity index is 1.49. The van der Waals surface area contributed by atoms with Gasteiger partial charge < -0.3 is 24.2 Å². The number of halogens is 1. The molecule has 266 valence electrons. The molecule has 1 atom stereocenters. The van der Waals surface area contributed by atoms with Crippen LogP contribution in [0.2, 0.25) is 23.3 Å². The highest BCUT2D eigenvalue weighted by atomic mass is 35.5. The quantitative estimate of drug-likeness (QED) is 0.112. The summed E-state index contributed by atoms with van der Waals surface area (Å²) in [6, 6.07) is 15.3. The van der Waals surface area contributed by atoms with Gasteiger partial charge in [0.1, 0.15) is 27.9 Å². The lowest BCUT2D eigenvalue weighted by atomic mass is 9.95. The average molecular weight is 725 g/mol. The van der Waals surface area contributed by atoms with Crippen LogP contribution in [0.15, 0.2) is 60.8 Å². The molecular weight excluding hydrogens is 680 g/mol. The van der Waals surface area contributed by atoms with Gasteiger partial charge in [-0.25, -0.2) is 19.9 Å². The predicted octanol–water partition coefficient (Wildman–Crippen LogP) is 8.64. The van der Waals surface area contributed by atoms with Crippen molar-refractivity contribution < 1.29 is 18.7 Å². The molecule has 4 aromatic heterocycles. The van der Waals surface area contributed by atoms with E-state index >= 15 is 0 Å². The van der Waals surface area contributed by atoms with Crippen molar-refractivity contribution in [3.8, 4) is 34.1 Å². The van der Waals surface area contributed by atoms with Crippen molar-refractivity contribution in [2.45, 2.75) is 77.7 Å². The summed E-state index contributed by atoms with van der Waals surface area (Å²) in [6.07, 6.45) is 6.64. The maximum Gasteiger partial charge on any atom is 0.251 e.